The number of carbonyl (C=O) groups is 2. The number of piperazine rings is 1. The Hall–Kier alpha value is -2.89. The van der Waals surface area contributed by atoms with E-state index in [-0.39, 0.29) is 19.1 Å². The van der Waals surface area contributed by atoms with Crippen LogP contribution in [0.3, 0.4) is 0 Å². The minimum Gasteiger partial charge on any atom is -0.445 e. The number of nitrogens with zero attached hydrogens (tertiary/aromatic N) is 3. The molecule has 23 heavy (non-hydrogen) atoms. The maximum atomic E-state index is 12.2. The van der Waals surface area contributed by atoms with Crippen LogP contribution in [0.5, 0.6) is 0 Å². The summed E-state index contributed by atoms with van der Waals surface area (Å²) in [6.45, 7) is 1.05. The molecule has 0 radical (unpaired) electrons. The van der Waals surface area contributed by atoms with E-state index in [9.17, 15) is 9.59 Å². The van der Waals surface area contributed by atoms with E-state index in [0.717, 1.165) is 5.56 Å². The number of hydrogen-bond donors (Lipinski definition) is 0. The minimum atomic E-state index is -0.470. The van der Waals surface area contributed by atoms with E-state index in [1.54, 1.807) is 23.2 Å². The molecule has 1 aliphatic heterocycles. The first-order chi connectivity index (χ1) is 11.2. The van der Waals surface area contributed by atoms with Crippen LogP contribution in [0, 0.1) is 0 Å². The summed E-state index contributed by atoms with van der Waals surface area (Å²) in [4.78, 5) is 31.5. The van der Waals surface area contributed by atoms with Crippen LogP contribution in [0.2, 0.25) is 0 Å². The molecule has 118 valence electrons. The number of anilines is 1. The van der Waals surface area contributed by atoms with Gasteiger partial charge in [-0.1, -0.05) is 36.4 Å². The lowest BCUT2D eigenvalue weighted by Gasteiger charge is -2.33. The van der Waals surface area contributed by atoms with Crippen molar-refractivity contribution >= 4 is 17.8 Å². The van der Waals surface area contributed by atoms with E-state index >= 15 is 0 Å². The molecule has 0 aliphatic carbocycles. The number of rotatable bonds is 3. The van der Waals surface area contributed by atoms with Gasteiger partial charge in [-0.3, -0.25) is 14.6 Å². The molecule has 1 aromatic carbocycles. The summed E-state index contributed by atoms with van der Waals surface area (Å²) in [5, 5.41) is 0. The zero-order valence-corrected chi connectivity index (χ0v) is 12.6. The molecule has 0 atom stereocenters. The number of hydrogen-bond acceptors (Lipinski definition) is 4. The standard InChI is InChI=1S/C17H17N3O3/c21-16-12-19(10-11-20(16)15-8-4-5-9-18-15)17(22)23-13-14-6-2-1-3-7-14/h1-9H,10-13H2. The van der Waals surface area contributed by atoms with Crippen molar-refractivity contribution in [1.29, 1.82) is 0 Å². The number of carbonyl (C=O) groups excluding carboxylic acids is 2. The number of benzene rings is 1. The van der Waals surface area contributed by atoms with Crippen molar-refractivity contribution in [3.8, 4) is 0 Å². The second-order valence-electron chi connectivity index (χ2n) is 5.20. The highest BCUT2D eigenvalue weighted by Gasteiger charge is 2.29. The third-order valence-corrected chi connectivity index (χ3v) is 3.61. The Morgan fingerprint density at radius 3 is 2.57 bits per heavy atom. The number of ether oxygens (including phenoxy) is 1. The zero-order valence-electron chi connectivity index (χ0n) is 12.6. The summed E-state index contributed by atoms with van der Waals surface area (Å²) in [7, 11) is 0. The fourth-order valence-electron chi connectivity index (χ4n) is 2.40. The summed E-state index contributed by atoms with van der Waals surface area (Å²) < 4.78 is 5.26. The van der Waals surface area contributed by atoms with Crippen molar-refractivity contribution in [1.82, 2.24) is 9.88 Å². The Kier molecular flexibility index (Phi) is 4.52. The molecule has 6 heteroatoms. The maximum Gasteiger partial charge on any atom is 0.410 e. The molecule has 2 amide bonds. The van der Waals surface area contributed by atoms with Gasteiger partial charge >= 0.3 is 6.09 Å². The van der Waals surface area contributed by atoms with Crippen LogP contribution in [0.1, 0.15) is 5.56 Å². The van der Waals surface area contributed by atoms with E-state index in [0.29, 0.717) is 18.9 Å². The van der Waals surface area contributed by atoms with Crippen LogP contribution in [-0.4, -0.2) is 41.5 Å². The predicted molar refractivity (Wildman–Crippen MR) is 84.8 cm³/mol. The number of aromatic nitrogens is 1. The van der Waals surface area contributed by atoms with Crippen LogP contribution in [0.4, 0.5) is 10.6 Å². The van der Waals surface area contributed by atoms with Gasteiger partial charge in [-0.2, -0.15) is 0 Å². The molecule has 1 fully saturated rings. The van der Waals surface area contributed by atoms with Crippen LogP contribution in [0.15, 0.2) is 54.7 Å². The highest BCUT2D eigenvalue weighted by atomic mass is 16.6. The molecule has 2 aromatic rings. The summed E-state index contributed by atoms with van der Waals surface area (Å²) >= 11 is 0. The van der Waals surface area contributed by atoms with Crippen molar-refractivity contribution in [2.75, 3.05) is 24.5 Å². The van der Waals surface area contributed by atoms with Crippen molar-refractivity contribution < 1.29 is 14.3 Å². The molecule has 1 aromatic heterocycles. The predicted octanol–water partition coefficient (Wildman–Crippen LogP) is 2.07. The quantitative estimate of drug-likeness (QED) is 0.870. The SMILES string of the molecule is O=C(OCc1ccccc1)N1CCN(c2ccccn2)C(=O)C1. The van der Waals surface area contributed by atoms with E-state index in [4.69, 9.17) is 4.74 Å². The summed E-state index contributed by atoms with van der Waals surface area (Å²) in [5.41, 5.74) is 0.916. The van der Waals surface area contributed by atoms with Gasteiger partial charge in [-0.15, -0.1) is 0 Å². The van der Waals surface area contributed by atoms with E-state index in [2.05, 4.69) is 4.98 Å². The molecular formula is C17H17N3O3. The fourth-order valence-corrected chi connectivity index (χ4v) is 2.40. The monoisotopic (exact) mass is 311 g/mol. The van der Waals surface area contributed by atoms with Crippen molar-refractivity contribution in [3.05, 3.63) is 60.3 Å². The lowest BCUT2D eigenvalue weighted by molar-refractivity contribution is -0.121. The highest BCUT2D eigenvalue weighted by molar-refractivity contribution is 5.96. The van der Waals surface area contributed by atoms with Gasteiger partial charge < -0.3 is 4.74 Å². The van der Waals surface area contributed by atoms with Crippen molar-refractivity contribution in [2.24, 2.45) is 0 Å². The van der Waals surface area contributed by atoms with Crippen LogP contribution in [-0.2, 0) is 16.1 Å². The first kappa shape index (κ1) is 15.0. The van der Waals surface area contributed by atoms with Gasteiger partial charge in [0.25, 0.3) is 0 Å². The Bertz CT molecular complexity index is 676. The third kappa shape index (κ3) is 3.66. The molecular weight excluding hydrogens is 294 g/mol. The van der Waals surface area contributed by atoms with Crippen molar-refractivity contribution in [2.45, 2.75) is 6.61 Å². The third-order valence-electron chi connectivity index (χ3n) is 3.61. The Balaban J connectivity index is 1.55. The van der Waals surface area contributed by atoms with Gasteiger partial charge in [0.05, 0.1) is 0 Å². The molecule has 1 aliphatic rings. The van der Waals surface area contributed by atoms with Crippen LogP contribution >= 0.6 is 0 Å². The van der Waals surface area contributed by atoms with E-state index in [1.807, 2.05) is 36.4 Å². The first-order valence-electron chi connectivity index (χ1n) is 7.41. The Labute approximate surface area is 134 Å². The van der Waals surface area contributed by atoms with Gasteiger partial charge in [0.1, 0.15) is 19.0 Å². The Morgan fingerprint density at radius 1 is 1.09 bits per heavy atom. The van der Waals surface area contributed by atoms with Gasteiger partial charge in [0.2, 0.25) is 5.91 Å². The number of amides is 2. The second kappa shape index (κ2) is 6.91. The van der Waals surface area contributed by atoms with Crippen LogP contribution in [0.25, 0.3) is 0 Å². The van der Waals surface area contributed by atoms with Crippen molar-refractivity contribution in [3.63, 3.8) is 0 Å². The molecule has 0 unspecified atom stereocenters. The molecule has 3 rings (SSSR count). The highest BCUT2D eigenvalue weighted by Crippen LogP contribution is 2.14. The van der Waals surface area contributed by atoms with Gasteiger partial charge in [-0.05, 0) is 17.7 Å². The van der Waals surface area contributed by atoms with E-state index in [1.165, 1.54) is 4.90 Å². The first-order valence-corrected chi connectivity index (χ1v) is 7.41. The van der Waals surface area contributed by atoms with Crippen LogP contribution < -0.4 is 4.90 Å². The van der Waals surface area contributed by atoms with Gasteiger partial charge in [0.15, 0.2) is 0 Å². The molecule has 0 spiro atoms. The number of pyridine rings is 1. The average Bonchev–Trinajstić information content (AvgIpc) is 2.61. The minimum absolute atomic E-state index is 0.00416. The molecule has 2 heterocycles. The van der Waals surface area contributed by atoms with Gasteiger partial charge in [0, 0.05) is 19.3 Å². The molecule has 1 saturated heterocycles. The second-order valence-corrected chi connectivity index (χ2v) is 5.20. The average molecular weight is 311 g/mol. The largest absolute Gasteiger partial charge is 0.445 e. The Morgan fingerprint density at radius 2 is 1.87 bits per heavy atom. The lowest BCUT2D eigenvalue weighted by Crippen LogP contribution is -2.52. The zero-order chi connectivity index (χ0) is 16.1. The van der Waals surface area contributed by atoms with E-state index < -0.39 is 6.09 Å². The fraction of sp³-hybridized carbons (Fsp3) is 0.235. The molecule has 0 bridgehead atoms. The summed E-state index contributed by atoms with van der Waals surface area (Å²) in [6.07, 6.45) is 1.17. The van der Waals surface area contributed by atoms with Gasteiger partial charge in [-0.25, -0.2) is 9.78 Å². The smallest absolute Gasteiger partial charge is 0.410 e. The lowest BCUT2D eigenvalue weighted by atomic mass is 10.2. The maximum absolute atomic E-state index is 12.2. The molecule has 0 saturated carbocycles. The molecule has 6 nitrogen and oxygen atoms in total. The summed E-state index contributed by atoms with van der Waals surface area (Å²) in [6, 6.07) is 14.9. The normalized spacial score (nSPS) is 14.7. The summed E-state index contributed by atoms with van der Waals surface area (Å²) in [5.74, 6) is 0.446. The topological polar surface area (TPSA) is 62.7 Å². The molecule has 0 N–H and O–H groups in total.